The highest BCUT2D eigenvalue weighted by Crippen LogP contribution is 2.05. The summed E-state index contributed by atoms with van der Waals surface area (Å²) in [7, 11) is 1.35. The molecule has 0 radical (unpaired) electrons. The summed E-state index contributed by atoms with van der Waals surface area (Å²) in [6.45, 7) is 6.31. The summed E-state index contributed by atoms with van der Waals surface area (Å²) in [5.74, 6) is -0.104. The third kappa shape index (κ3) is 7.89. The summed E-state index contributed by atoms with van der Waals surface area (Å²) in [6.07, 6.45) is 1.72. The molecule has 18 heavy (non-hydrogen) atoms. The first kappa shape index (κ1) is 16.7. The first-order valence-corrected chi connectivity index (χ1v) is 6.27. The van der Waals surface area contributed by atoms with Crippen molar-refractivity contribution in [2.45, 2.75) is 46.1 Å². The van der Waals surface area contributed by atoms with E-state index in [1.807, 2.05) is 20.8 Å². The molecular formula is C12H24N2O4. The van der Waals surface area contributed by atoms with Crippen LogP contribution in [0.3, 0.4) is 0 Å². The molecule has 0 fully saturated rings. The van der Waals surface area contributed by atoms with Crippen molar-refractivity contribution in [3.8, 4) is 0 Å². The molecule has 0 rings (SSSR count). The fraction of sp³-hybridized carbons (Fsp3) is 0.833. The number of hydrogen-bond donors (Lipinski definition) is 2. The third-order valence-corrected chi connectivity index (χ3v) is 2.25. The standard InChI is InChI=1S/C12H24N2O4/c1-5-6-7-18-12(16)13-10(8-9(2)3)11(15)14-17-4/h9-10H,5-8H2,1-4H3,(H,13,16)(H,14,15)/t10-/m0/s1. The first-order chi connectivity index (χ1) is 8.51. The van der Waals surface area contributed by atoms with Gasteiger partial charge in [0.2, 0.25) is 0 Å². The van der Waals surface area contributed by atoms with Gasteiger partial charge in [-0.05, 0) is 18.8 Å². The summed E-state index contributed by atoms with van der Waals surface area (Å²) < 4.78 is 4.95. The predicted molar refractivity (Wildman–Crippen MR) is 67.8 cm³/mol. The summed E-state index contributed by atoms with van der Waals surface area (Å²) in [4.78, 5) is 27.7. The molecule has 0 aromatic heterocycles. The molecule has 2 amide bonds. The van der Waals surface area contributed by atoms with Crippen LogP contribution in [0.4, 0.5) is 4.79 Å². The fourth-order valence-electron chi connectivity index (χ4n) is 1.37. The number of hydrogen-bond acceptors (Lipinski definition) is 4. The van der Waals surface area contributed by atoms with Crippen LogP contribution >= 0.6 is 0 Å². The van der Waals surface area contributed by atoms with Gasteiger partial charge in [0, 0.05) is 0 Å². The summed E-state index contributed by atoms with van der Waals surface area (Å²) in [5, 5.41) is 2.54. The zero-order valence-electron chi connectivity index (χ0n) is 11.6. The number of unbranched alkanes of at least 4 members (excludes halogenated alkanes) is 1. The minimum atomic E-state index is -0.640. The molecular weight excluding hydrogens is 236 g/mol. The van der Waals surface area contributed by atoms with Crippen LogP contribution in [0.15, 0.2) is 0 Å². The summed E-state index contributed by atoms with van der Waals surface area (Å²) in [6, 6.07) is -0.640. The van der Waals surface area contributed by atoms with E-state index in [4.69, 9.17) is 4.74 Å². The van der Waals surface area contributed by atoms with Crippen molar-refractivity contribution in [3.05, 3.63) is 0 Å². The van der Waals surface area contributed by atoms with Gasteiger partial charge in [-0.1, -0.05) is 27.2 Å². The molecule has 0 aliphatic carbocycles. The Hall–Kier alpha value is -1.30. The van der Waals surface area contributed by atoms with E-state index in [1.54, 1.807) is 0 Å². The van der Waals surface area contributed by atoms with Gasteiger partial charge in [-0.2, -0.15) is 0 Å². The molecule has 0 saturated heterocycles. The Bertz CT molecular complexity index is 256. The van der Waals surface area contributed by atoms with Crippen LogP contribution in [0.2, 0.25) is 0 Å². The van der Waals surface area contributed by atoms with Gasteiger partial charge < -0.3 is 10.1 Å². The highest BCUT2D eigenvalue weighted by molar-refractivity contribution is 5.84. The van der Waals surface area contributed by atoms with Gasteiger partial charge in [0.25, 0.3) is 5.91 Å². The number of hydroxylamine groups is 1. The lowest BCUT2D eigenvalue weighted by molar-refractivity contribution is -0.133. The summed E-state index contributed by atoms with van der Waals surface area (Å²) >= 11 is 0. The van der Waals surface area contributed by atoms with Gasteiger partial charge in [-0.15, -0.1) is 0 Å². The zero-order valence-corrected chi connectivity index (χ0v) is 11.6. The molecule has 0 aromatic carbocycles. The number of rotatable bonds is 8. The monoisotopic (exact) mass is 260 g/mol. The molecule has 0 bridgehead atoms. The smallest absolute Gasteiger partial charge is 0.407 e. The molecule has 0 unspecified atom stereocenters. The van der Waals surface area contributed by atoms with E-state index < -0.39 is 12.1 Å². The minimum absolute atomic E-state index is 0.272. The van der Waals surface area contributed by atoms with Crippen molar-refractivity contribution >= 4 is 12.0 Å². The van der Waals surface area contributed by atoms with E-state index in [0.29, 0.717) is 13.0 Å². The second-order valence-electron chi connectivity index (χ2n) is 4.49. The Kier molecular flexibility index (Phi) is 9.00. The Morgan fingerprint density at radius 3 is 2.44 bits per heavy atom. The highest BCUT2D eigenvalue weighted by Gasteiger charge is 2.22. The van der Waals surface area contributed by atoms with Crippen molar-refractivity contribution in [3.63, 3.8) is 0 Å². The van der Waals surface area contributed by atoms with Crippen LogP contribution in [0.5, 0.6) is 0 Å². The van der Waals surface area contributed by atoms with Crippen LogP contribution in [0.25, 0.3) is 0 Å². The number of amides is 2. The molecule has 6 nitrogen and oxygen atoms in total. The fourth-order valence-corrected chi connectivity index (χ4v) is 1.37. The first-order valence-electron chi connectivity index (χ1n) is 6.27. The molecule has 2 N–H and O–H groups in total. The second-order valence-corrected chi connectivity index (χ2v) is 4.49. The average molecular weight is 260 g/mol. The Morgan fingerprint density at radius 2 is 1.94 bits per heavy atom. The Labute approximate surface area is 108 Å². The molecule has 1 atom stereocenters. The number of ether oxygens (including phenoxy) is 1. The predicted octanol–water partition coefficient (Wildman–Crippen LogP) is 1.60. The second kappa shape index (κ2) is 9.70. The molecule has 0 aromatic rings. The largest absolute Gasteiger partial charge is 0.450 e. The van der Waals surface area contributed by atoms with E-state index in [1.165, 1.54) is 7.11 Å². The van der Waals surface area contributed by atoms with E-state index >= 15 is 0 Å². The van der Waals surface area contributed by atoms with E-state index in [2.05, 4.69) is 15.6 Å². The SMILES string of the molecule is CCCCOC(=O)N[C@@H](CC(C)C)C(=O)NOC. The van der Waals surface area contributed by atoms with Crippen LogP contribution < -0.4 is 10.8 Å². The van der Waals surface area contributed by atoms with E-state index in [9.17, 15) is 9.59 Å². The van der Waals surface area contributed by atoms with Gasteiger partial charge in [-0.3, -0.25) is 9.63 Å². The van der Waals surface area contributed by atoms with Gasteiger partial charge in [0.05, 0.1) is 13.7 Å². The Morgan fingerprint density at radius 1 is 1.28 bits per heavy atom. The van der Waals surface area contributed by atoms with Gasteiger partial charge >= 0.3 is 6.09 Å². The van der Waals surface area contributed by atoms with Gasteiger partial charge in [0.1, 0.15) is 6.04 Å². The van der Waals surface area contributed by atoms with Gasteiger partial charge in [-0.25, -0.2) is 10.3 Å². The van der Waals surface area contributed by atoms with Crippen molar-refractivity contribution < 1.29 is 19.2 Å². The minimum Gasteiger partial charge on any atom is -0.450 e. The molecule has 0 spiro atoms. The Balaban J connectivity index is 4.21. The lowest BCUT2D eigenvalue weighted by Gasteiger charge is -2.19. The number of nitrogens with one attached hydrogen (secondary N) is 2. The maximum Gasteiger partial charge on any atom is 0.407 e. The molecule has 6 heteroatoms. The topological polar surface area (TPSA) is 76.7 Å². The maximum atomic E-state index is 11.6. The quantitative estimate of drug-likeness (QED) is 0.513. The van der Waals surface area contributed by atoms with Gasteiger partial charge in [0.15, 0.2) is 0 Å². The number of carbonyl (C=O) groups excluding carboxylic acids is 2. The molecule has 0 aliphatic heterocycles. The lowest BCUT2D eigenvalue weighted by Crippen LogP contribution is -2.47. The van der Waals surface area contributed by atoms with Crippen LogP contribution in [-0.4, -0.2) is 31.8 Å². The zero-order chi connectivity index (χ0) is 14.0. The highest BCUT2D eigenvalue weighted by atomic mass is 16.6. The molecule has 0 aliphatic rings. The van der Waals surface area contributed by atoms with Crippen molar-refractivity contribution in [2.75, 3.05) is 13.7 Å². The lowest BCUT2D eigenvalue weighted by atomic mass is 10.0. The number of carbonyl (C=O) groups is 2. The molecule has 0 saturated carbocycles. The van der Waals surface area contributed by atoms with Crippen molar-refractivity contribution in [1.82, 2.24) is 10.8 Å². The normalized spacial score (nSPS) is 12.1. The van der Waals surface area contributed by atoms with Crippen LogP contribution in [0, 0.1) is 5.92 Å². The van der Waals surface area contributed by atoms with E-state index in [-0.39, 0.29) is 11.8 Å². The van der Waals surface area contributed by atoms with Crippen molar-refractivity contribution in [2.24, 2.45) is 5.92 Å². The molecule has 106 valence electrons. The summed E-state index contributed by atoms with van der Waals surface area (Å²) in [5.41, 5.74) is 2.21. The third-order valence-electron chi connectivity index (χ3n) is 2.25. The number of alkyl carbamates (subject to hydrolysis) is 1. The maximum absolute atomic E-state index is 11.6. The van der Waals surface area contributed by atoms with Crippen LogP contribution in [0.1, 0.15) is 40.0 Å². The molecule has 0 heterocycles. The van der Waals surface area contributed by atoms with Crippen LogP contribution in [-0.2, 0) is 14.4 Å². The average Bonchev–Trinajstić information content (AvgIpc) is 2.28. The van der Waals surface area contributed by atoms with Crippen molar-refractivity contribution in [1.29, 1.82) is 0 Å². The van der Waals surface area contributed by atoms with E-state index in [0.717, 1.165) is 12.8 Å².